The second-order valence-corrected chi connectivity index (χ2v) is 7.91. The molecule has 0 saturated carbocycles. The topological polar surface area (TPSA) is 113 Å². The van der Waals surface area contributed by atoms with E-state index in [1.165, 1.54) is 12.1 Å². The molecule has 2 heterocycles. The number of carboxylic acid groups (broad SMARTS) is 1. The van der Waals surface area contributed by atoms with Gasteiger partial charge in [0.2, 0.25) is 5.82 Å². The van der Waals surface area contributed by atoms with E-state index in [0.717, 1.165) is 17.2 Å². The van der Waals surface area contributed by atoms with Crippen LogP contribution in [0, 0.1) is 0 Å². The molecule has 0 atom stereocenters. The maximum atomic E-state index is 11.6. The summed E-state index contributed by atoms with van der Waals surface area (Å²) in [5.41, 5.74) is 2.93. The summed E-state index contributed by atoms with van der Waals surface area (Å²) < 4.78 is 23.3. The second kappa shape index (κ2) is 5.63. The summed E-state index contributed by atoms with van der Waals surface area (Å²) in [7, 11) is -3.32. The second-order valence-electron chi connectivity index (χ2n) is 5.89. The van der Waals surface area contributed by atoms with Crippen molar-refractivity contribution in [1.29, 1.82) is 0 Å². The van der Waals surface area contributed by atoms with Crippen LogP contribution in [-0.2, 0) is 9.84 Å². The third kappa shape index (κ3) is 2.60. The smallest absolute Gasteiger partial charge is 0.373 e. The lowest BCUT2D eigenvalue weighted by Gasteiger charge is -2.05. The fourth-order valence-corrected chi connectivity index (χ4v) is 3.50. The molecule has 2 aromatic heterocycles. The lowest BCUT2D eigenvalue weighted by atomic mass is 10.1. The van der Waals surface area contributed by atoms with Crippen LogP contribution in [0.25, 0.3) is 33.2 Å². The number of carbonyl (C=O) groups is 1. The number of nitrogens with one attached hydrogen (secondary N) is 1. The Balaban J connectivity index is 2.03. The Labute approximate surface area is 148 Å². The number of nitrogens with zero attached hydrogens (tertiary/aromatic N) is 2. The van der Waals surface area contributed by atoms with Gasteiger partial charge in [-0.3, -0.25) is 0 Å². The molecule has 2 aromatic carbocycles. The standard InChI is InChI=1S/C18H13N3O4S/c1-26(24,25)11-8-6-10(7-9-11)14-16-15(21-17(20-14)18(22)23)12-4-2-3-5-13(12)19-16/h2-9,19H,1H3,(H,22,23). The summed E-state index contributed by atoms with van der Waals surface area (Å²) in [5, 5.41) is 10.2. The minimum Gasteiger partial charge on any atom is -0.475 e. The van der Waals surface area contributed by atoms with E-state index in [9.17, 15) is 18.3 Å². The van der Waals surface area contributed by atoms with Crippen LogP contribution in [0.1, 0.15) is 10.6 Å². The number of benzene rings is 2. The minimum absolute atomic E-state index is 0.182. The number of aromatic amines is 1. The van der Waals surface area contributed by atoms with Crippen LogP contribution in [0.3, 0.4) is 0 Å². The first-order chi connectivity index (χ1) is 12.3. The molecule has 8 heteroatoms. The summed E-state index contributed by atoms with van der Waals surface area (Å²) >= 11 is 0. The quantitative estimate of drug-likeness (QED) is 0.576. The highest BCUT2D eigenvalue weighted by Gasteiger charge is 2.18. The van der Waals surface area contributed by atoms with Gasteiger partial charge in [-0.1, -0.05) is 30.3 Å². The van der Waals surface area contributed by atoms with E-state index in [4.69, 9.17) is 0 Å². The van der Waals surface area contributed by atoms with Gasteiger partial charge in [0.25, 0.3) is 0 Å². The van der Waals surface area contributed by atoms with Crippen LogP contribution in [0.2, 0.25) is 0 Å². The average Bonchev–Trinajstić information content (AvgIpc) is 2.99. The SMILES string of the molecule is CS(=O)(=O)c1ccc(-c2nc(C(=O)O)nc3c2[nH]c2ccccc23)cc1. The Morgan fingerprint density at radius 2 is 1.73 bits per heavy atom. The van der Waals surface area contributed by atoms with Gasteiger partial charge in [-0.05, 0) is 18.2 Å². The molecule has 0 saturated heterocycles. The van der Waals surface area contributed by atoms with Gasteiger partial charge in [0.15, 0.2) is 9.84 Å². The Bertz CT molecular complexity index is 1280. The van der Waals surface area contributed by atoms with E-state index < -0.39 is 15.8 Å². The number of H-pyrrole nitrogens is 1. The maximum absolute atomic E-state index is 11.6. The van der Waals surface area contributed by atoms with Gasteiger partial charge in [-0.2, -0.15) is 0 Å². The van der Waals surface area contributed by atoms with Crippen molar-refractivity contribution in [2.45, 2.75) is 4.90 Å². The van der Waals surface area contributed by atoms with Gasteiger partial charge in [0, 0.05) is 22.7 Å². The Morgan fingerprint density at radius 1 is 1.04 bits per heavy atom. The first kappa shape index (κ1) is 16.2. The van der Waals surface area contributed by atoms with Crippen molar-refractivity contribution in [3.63, 3.8) is 0 Å². The number of aromatic nitrogens is 3. The van der Waals surface area contributed by atoms with Crippen molar-refractivity contribution < 1.29 is 18.3 Å². The average molecular weight is 367 g/mol. The number of rotatable bonds is 3. The van der Waals surface area contributed by atoms with E-state index in [0.29, 0.717) is 22.3 Å². The minimum atomic E-state index is -3.32. The number of sulfone groups is 1. The lowest BCUT2D eigenvalue weighted by molar-refractivity contribution is 0.0684. The van der Waals surface area contributed by atoms with Crippen LogP contribution in [-0.4, -0.2) is 40.7 Å². The predicted molar refractivity (Wildman–Crippen MR) is 96.9 cm³/mol. The zero-order chi connectivity index (χ0) is 18.5. The van der Waals surface area contributed by atoms with Gasteiger partial charge in [-0.15, -0.1) is 0 Å². The number of hydrogen-bond acceptors (Lipinski definition) is 5. The normalized spacial score (nSPS) is 11.9. The van der Waals surface area contributed by atoms with Crippen molar-refractivity contribution >= 4 is 37.7 Å². The summed E-state index contributed by atoms with van der Waals surface area (Å²) in [5.74, 6) is -1.55. The van der Waals surface area contributed by atoms with Crippen molar-refractivity contribution in [3.05, 3.63) is 54.4 Å². The van der Waals surface area contributed by atoms with E-state index in [1.807, 2.05) is 24.3 Å². The predicted octanol–water partition coefficient (Wildman–Crippen LogP) is 2.88. The molecular formula is C18H13N3O4S. The van der Waals surface area contributed by atoms with Gasteiger partial charge >= 0.3 is 5.97 Å². The van der Waals surface area contributed by atoms with E-state index in [2.05, 4.69) is 15.0 Å². The van der Waals surface area contributed by atoms with Crippen LogP contribution in [0.4, 0.5) is 0 Å². The molecule has 130 valence electrons. The zero-order valence-electron chi connectivity index (χ0n) is 13.6. The van der Waals surface area contributed by atoms with Gasteiger partial charge < -0.3 is 10.1 Å². The molecule has 0 amide bonds. The fraction of sp³-hybridized carbons (Fsp3) is 0.0556. The molecule has 0 aliphatic rings. The monoisotopic (exact) mass is 367 g/mol. The summed E-state index contributed by atoms with van der Waals surface area (Å²) in [6.07, 6.45) is 1.13. The van der Waals surface area contributed by atoms with Gasteiger partial charge in [0.1, 0.15) is 5.52 Å². The molecule has 4 rings (SSSR count). The molecule has 26 heavy (non-hydrogen) atoms. The molecule has 0 radical (unpaired) electrons. The molecule has 2 N–H and O–H groups in total. The maximum Gasteiger partial charge on any atom is 0.373 e. The third-order valence-electron chi connectivity index (χ3n) is 4.10. The highest BCUT2D eigenvalue weighted by atomic mass is 32.2. The highest BCUT2D eigenvalue weighted by molar-refractivity contribution is 7.90. The number of carboxylic acids is 1. The number of hydrogen-bond donors (Lipinski definition) is 2. The fourth-order valence-electron chi connectivity index (χ4n) is 2.87. The molecule has 0 spiro atoms. The first-order valence-electron chi connectivity index (χ1n) is 7.67. The first-order valence-corrected chi connectivity index (χ1v) is 9.56. The van der Waals surface area contributed by atoms with Gasteiger partial charge in [-0.25, -0.2) is 23.2 Å². The highest BCUT2D eigenvalue weighted by Crippen LogP contribution is 2.31. The third-order valence-corrected chi connectivity index (χ3v) is 5.23. The Kier molecular flexibility index (Phi) is 3.52. The van der Waals surface area contributed by atoms with E-state index >= 15 is 0 Å². The lowest BCUT2D eigenvalue weighted by Crippen LogP contribution is -2.05. The number of fused-ring (bicyclic) bond motifs is 3. The van der Waals surface area contributed by atoms with Crippen molar-refractivity contribution in [3.8, 4) is 11.3 Å². The van der Waals surface area contributed by atoms with Crippen LogP contribution < -0.4 is 0 Å². The summed E-state index contributed by atoms with van der Waals surface area (Å²) in [6, 6.07) is 13.6. The molecule has 0 aliphatic heterocycles. The van der Waals surface area contributed by atoms with Crippen molar-refractivity contribution in [2.75, 3.05) is 6.26 Å². The van der Waals surface area contributed by atoms with E-state index in [-0.39, 0.29) is 10.7 Å². The molecule has 0 fully saturated rings. The van der Waals surface area contributed by atoms with Crippen LogP contribution in [0.15, 0.2) is 53.4 Å². The molecule has 7 nitrogen and oxygen atoms in total. The Hall–Kier alpha value is -3.26. The number of aromatic carboxylic acids is 1. The van der Waals surface area contributed by atoms with Gasteiger partial charge in [0.05, 0.1) is 16.1 Å². The van der Waals surface area contributed by atoms with E-state index in [1.54, 1.807) is 12.1 Å². The van der Waals surface area contributed by atoms with Crippen molar-refractivity contribution in [2.24, 2.45) is 0 Å². The Morgan fingerprint density at radius 3 is 2.38 bits per heavy atom. The zero-order valence-corrected chi connectivity index (χ0v) is 14.4. The summed E-state index contributed by atoms with van der Waals surface area (Å²) in [4.78, 5) is 23.2. The molecule has 0 unspecified atom stereocenters. The van der Waals surface area contributed by atoms with Crippen molar-refractivity contribution in [1.82, 2.24) is 15.0 Å². The van der Waals surface area contributed by atoms with Crippen LogP contribution >= 0.6 is 0 Å². The van der Waals surface area contributed by atoms with Crippen LogP contribution in [0.5, 0.6) is 0 Å². The molecular weight excluding hydrogens is 354 g/mol. The summed E-state index contributed by atoms with van der Waals surface area (Å²) in [6.45, 7) is 0. The number of para-hydroxylation sites is 1. The molecule has 0 aliphatic carbocycles. The molecule has 0 bridgehead atoms. The largest absolute Gasteiger partial charge is 0.475 e. The molecule has 4 aromatic rings.